The van der Waals surface area contributed by atoms with Crippen LogP contribution in [0.15, 0.2) is 33.6 Å². The van der Waals surface area contributed by atoms with Gasteiger partial charge in [-0.2, -0.15) is 4.72 Å². The van der Waals surface area contributed by atoms with Crippen LogP contribution in [0.2, 0.25) is 0 Å². The lowest BCUT2D eigenvalue weighted by Crippen LogP contribution is -2.46. The minimum Gasteiger partial charge on any atom is -0.353 e. The predicted octanol–water partition coefficient (Wildman–Crippen LogP) is 1.64. The molecule has 0 aliphatic rings. The molecule has 0 aliphatic heterocycles. The van der Waals surface area contributed by atoms with Crippen LogP contribution in [0.5, 0.6) is 0 Å². The summed E-state index contributed by atoms with van der Waals surface area (Å²) in [6.45, 7) is 5.13. The highest BCUT2D eigenvalue weighted by atomic mass is 79.9. The van der Waals surface area contributed by atoms with Crippen molar-refractivity contribution in [3.8, 4) is 0 Å². The molecule has 0 saturated carbocycles. The Hall–Kier alpha value is -0.920. The summed E-state index contributed by atoms with van der Waals surface area (Å²) in [6, 6.07) is 5.35. The first-order valence-electron chi connectivity index (χ1n) is 5.80. The van der Waals surface area contributed by atoms with Gasteiger partial charge in [-0.1, -0.05) is 15.9 Å². The number of halogens is 1. The SMILES string of the molecule is CC(C)NC(=O)C(C)NS(=O)(=O)c1ccc(Br)cc1. The minimum atomic E-state index is -3.69. The number of hydrogen-bond acceptors (Lipinski definition) is 3. The molecule has 1 unspecified atom stereocenters. The molecular formula is C12H17BrN2O3S. The third-order valence-electron chi connectivity index (χ3n) is 2.28. The summed E-state index contributed by atoms with van der Waals surface area (Å²) in [5.41, 5.74) is 0. The second kappa shape index (κ2) is 6.49. The van der Waals surface area contributed by atoms with E-state index in [2.05, 4.69) is 26.0 Å². The Morgan fingerprint density at radius 3 is 2.16 bits per heavy atom. The predicted molar refractivity (Wildman–Crippen MR) is 77.2 cm³/mol. The third kappa shape index (κ3) is 4.93. The zero-order chi connectivity index (χ0) is 14.6. The van der Waals surface area contributed by atoms with Crippen LogP contribution in [0.4, 0.5) is 0 Å². The zero-order valence-electron chi connectivity index (χ0n) is 11.0. The van der Waals surface area contributed by atoms with E-state index in [9.17, 15) is 13.2 Å². The molecule has 5 nitrogen and oxygen atoms in total. The van der Waals surface area contributed by atoms with Gasteiger partial charge < -0.3 is 5.32 Å². The van der Waals surface area contributed by atoms with Gasteiger partial charge >= 0.3 is 0 Å². The molecule has 0 radical (unpaired) electrons. The van der Waals surface area contributed by atoms with Gasteiger partial charge in [0.25, 0.3) is 0 Å². The van der Waals surface area contributed by atoms with Gasteiger partial charge in [0, 0.05) is 10.5 Å². The van der Waals surface area contributed by atoms with Crippen molar-refractivity contribution in [2.24, 2.45) is 0 Å². The van der Waals surface area contributed by atoms with E-state index in [0.29, 0.717) is 0 Å². The summed E-state index contributed by atoms with van der Waals surface area (Å²) in [5, 5.41) is 2.65. The molecule has 106 valence electrons. The molecule has 0 saturated heterocycles. The summed E-state index contributed by atoms with van der Waals surface area (Å²) >= 11 is 3.23. The lowest BCUT2D eigenvalue weighted by molar-refractivity contribution is -0.122. The maximum atomic E-state index is 12.0. The van der Waals surface area contributed by atoms with Crippen LogP contribution < -0.4 is 10.0 Å². The van der Waals surface area contributed by atoms with Crippen LogP contribution in [-0.2, 0) is 14.8 Å². The van der Waals surface area contributed by atoms with Crippen molar-refractivity contribution in [1.82, 2.24) is 10.0 Å². The molecule has 0 aliphatic carbocycles. The van der Waals surface area contributed by atoms with Gasteiger partial charge in [0.1, 0.15) is 0 Å². The van der Waals surface area contributed by atoms with Gasteiger partial charge in [0.05, 0.1) is 10.9 Å². The van der Waals surface area contributed by atoms with Crippen molar-refractivity contribution in [3.63, 3.8) is 0 Å². The van der Waals surface area contributed by atoms with Crippen LogP contribution in [-0.4, -0.2) is 26.4 Å². The number of sulfonamides is 1. The van der Waals surface area contributed by atoms with Gasteiger partial charge in [-0.15, -0.1) is 0 Å². The molecule has 1 amide bonds. The zero-order valence-corrected chi connectivity index (χ0v) is 13.4. The quantitative estimate of drug-likeness (QED) is 0.849. The third-order valence-corrected chi connectivity index (χ3v) is 4.37. The Labute approximate surface area is 122 Å². The first-order valence-corrected chi connectivity index (χ1v) is 8.08. The molecule has 0 fully saturated rings. The Bertz CT molecular complexity index is 541. The normalized spacial score (nSPS) is 13.3. The number of nitrogens with one attached hydrogen (secondary N) is 2. The van der Waals surface area contributed by atoms with Crippen LogP contribution in [0.3, 0.4) is 0 Å². The summed E-state index contributed by atoms with van der Waals surface area (Å²) in [4.78, 5) is 11.8. The fourth-order valence-electron chi connectivity index (χ4n) is 1.38. The number of carbonyl (C=O) groups excluding carboxylic acids is 1. The highest BCUT2D eigenvalue weighted by molar-refractivity contribution is 9.10. The fraction of sp³-hybridized carbons (Fsp3) is 0.417. The Balaban J connectivity index is 2.80. The molecule has 2 N–H and O–H groups in total. The highest BCUT2D eigenvalue weighted by Crippen LogP contribution is 2.14. The smallest absolute Gasteiger partial charge is 0.241 e. The molecule has 0 heterocycles. The van der Waals surface area contributed by atoms with E-state index in [0.717, 1.165) is 4.47 Å². The van der Waals surface area contributed by atoms with Gasteiger partial charge in [-0.05, 0) is 45.0 Å². The largest absolute Gasteiger partial charge is 0.353 e. The van der Waals surface area contributed by atoms with E-state index < -0.39 is 16.1 Å². The molecule has 1 aromatic rings. The van der Waals surface area contributed by atoms with E-state index in [1.165, 1.54) is 19.1 Å². The van der Waals surface area contributed by atoms with Crippen molar-refractivity contribution in [1.29, 1.82) is 0 Å². The van der Waals surface area contributed by atoms with Gasteiger partial charge in [-0.25, -0.2) is 8.42 Å². The van der Waals surface area contributed by atoms with Gasteiger partial charge in [0.2, 0.25) is 15.9 Å². The highest BCUT2D eigenvalue weighted by Gasteiger charge is 2.22. The molecule has 7 heteroatoms. The molecule has 1 rings (SSSR count). The van der Waals surface area contributed by atoms with Crippen LogP contribution >= 0.6 is 15.9 Å². The monoisotopic (exact) mass is 348 g/mol. The van der Waals surface area contributed by atoms with Crippen molar-refractivity contribution < 1.29 is 13.2 Å². The number of hydrogen-bond donors (Lipinski definition) is 2. The van der Waals surface area contributed by atoms with Crippen LogP contribution in [0.25, 0.3) is 0 Å². The van der Waals surface area contributed by atoms with Crippen molar-refractivity contribution in [2.45, 2.75) is 37.8 Å². The standard InChI is InChI=1S/C12H17BrN2O3S/c1-8(2)14-12(16)9(3)15-19(17,18)11-6-4-10(13)5-7-11/h4-9,15H,1-3H3,(H,14,16). The molecule has 0 spiro atoms. The average molecular weight is 349 g/mol. The lowest BCUT2D eigenvalue weighted by Gasteiger charge is -2.16. The lowest BCUT2D eigenvalue weighted by atomic mass is 10.3. The summed E-state index contributed by atoms with van der Waals surface area (Å²) in [6.07, 6.45) is 0. The first kappa shape index (κ1) is 16.1. The van der Waals surface area contributed by atoms with E-state index in [1.807, 2.05) is 13.8 Å². The maximum absolute atomic E-state index is 12.0. The number of rotatable bonds is 5. The molecule has 0 aromatic heterocycles. The Morgan fingerprint density at radius 2 is 1.68 bits per heavy atom. The molecule has 0 bridgehead atoms. The van der Waals surface area contributed by atoms with E-state index in [1.54, 1.807) is 12.1 Å². The summed E-state index contributed by atoms with van der Waals surface area (Å²) in [7, 11) is -3.69. The average Bonchev–Trinajstić information content (AvgIpc) is 2.27. The minimum absolute atomic E-state index is 0.0351. The summed E-state index contributed by atoms with van der Waals surface area (Å²) < 4.78 is 27.2. The van der Waals surface area contributed by atoms with E-state index in [-0.39, 0.29) is 16.8 Å². The van der Waals surface area contributed by atoms with Crippen molar-refractivity contribution in [3.05, 3.63) is 28.7 Å². The van der Waals surface area contributed by atoms with Crippen LogP contribution in [0, 0.1) is 0 Å². The topological polar surface area (TPSA) is 75.3 Å². The van der Waals surface area contributed by atoms with Gasteiger partial charge in [0.15, 0.2) is 0 Å². The summed E-state index contributed by atoms with van der Waals surface area (Å²) in [5.74, 6) is -0.351. The number of benzene rings is 1. The molecule has 19 heavy (non-hydrogen) atoms. The maximum Gasteiger partial charge on any atom is 0.241 e. The number of carbonyl (C=O) groups is 1. The Kier molecular flexibility index (Phi) is 5.51. The fourth-order valence-corrected chi connectivity index (χ4v) is 2.84. The van der Waals surface area contributed by atoms with E-state index in [4.69, 9.17) is 0 Å². The van der Waals surface area contributed by atoms with Crippen molar-refractivity contribution >= 4 is 31.9 Å². The molecule has 1 atom stereocenters. The second-order valence-electron chi connectivity index (χ2n) is 4.46. The van der Waals surface area contributed by atoms with Crippen molar-refractivity contribution in [2.75, 3.05) is 0 Å². The first-order chi connectivity index (χ1) is 8.72. The van der Waals surface area contributed by atoms with Crippen LogP contribution in [0.1, 0.15) is 20.8 Å². The Morgan fingerprint density at radius 1 is 1.16 bits per heavy atom. The van der Waals surface area contributed by atoms with Gasteiger partial charge in [-0.3, -0.25) is 4.79 Å². The number of amides is 1. The molecule has 1 aromatic carbocycles. The molecular weight excluding hydrogens is 332 g/mol. The second-order valence-corrected chi connectivity index (χ2v) is 7.09. The van der Waals surface area contributed by atoms with E-state index >= 15 is 0 Å².